The van der Waals surface area contributed by atoms with Gasteiger partial charge in [0.25, 0.3) is 0 Å². The minimum Gasteiger partial charge on any atom is -0.456 e. The highest BCUT2D eigenvalue weighted by Crippen LogP contribution is 2.40. The van der Waals surface area contributed by atoms with Crippen molar-refractivity contribution in [1.82, 2.24) is 19.1 Å². The van der Waals surface area contributed by atoms with Gasteiger partial charge in [-0.15, -0.1) is 0 Å². The van der Waals surface area contributed by atoms with Crippen LogP contribution in [0.15, 0.2) is 224 Å². The Morgan fingerprint density at radius 2 is 0.923 bits per heavy atom. The molecule has 0 atom stereocenters. The molecule has 0 bridgehead atoms. The lowest BCUT2D eigenvalue weighted by Crippen LogP contribution is -1.94. The van der Waals surface area contributed by atoms with Gasteiger partial charge in [0, 0.05) is 45.3 Å². The molecule has 6 aromatic carbocycles. The van der Waals surface area contributed by atoms with Gasteiger partial charge in [-0.3, -0.25) is 9.97 Å². The van der Waals surface area contributed by atoms with E-state index in [1.54, 1.807) is 0 Å². The smallest absolute Gasteiger partial charge is 0.135 e. The minimum absolute atomic E-state index is 0.834. The van der Waals surface area contributed by atoms with Crippen molar-refractivity contribution in [3.8, 4) is 33.6 Å². The Kier molecular flexibility index (Phi) is 9.86. The molecule has 0 aliphatic heterocycles. The van der Waals surface area contributed by atoms with Crippen molar-refractivity contribution in [2.75, 3.05) is 0 Å². The number of allylic oxidation sites excluding steroid dienone is 10. The van der Waals surface area contributed by atoms with Crippen molar-refractivity contribution < 1.29 is 4.42 Å². The van der Waals surface area contributed by atoms with E-state index in [0.717, 1.165) is 122 Å². The normalized spacial score (nSPS) is 12.6. The van der Waals surface area contributed by atoms with Crippen molar-refractivity contribution >= 4 is 77.0 Å². The average molecular weight is 837 g/mol. The number of furan rings is 1. The Hall–Kier alpha value is -8.54. The highest BCUT2D eigenvalue weighted by Gasteiger charge is 2.19. The number of pyridine rings is 2. The molecule has 11 rings (SSSR count). The van der Waals surface area contributed by atoms with Crippen molar-refractivity contribution in [2.24, 2.45) is 0 Å². The van der Waals surface area contributed by atoms with Crippen molar-refractivity contribution in [3.63, 3.8) is 0 Å². The van der Waals surface area contributed by atoms with E-state index in [1.165, 1.54) is 0 Å². The Labute approximate surface area is 377 Å². The van der Waals surface area contributed by atoms with Gasteiger partial charge in [0.1, 0.15) is 11.2 Å². The standard InChI is InChI=1S/C60H44N4O/c1-5-13-39(14-6-2)41-17-9-19-43(33-41)45-23-27-53-51(35-45)59-55(21-11-31-61-59)63(53)47-25-29-57-49(37-47)50-38-48(26-30-58(50)65-57)64-54-28-24-46(36-52(54)60-56(64)22-12-32-62-60)44-20-10-18-42(34-44)40(15-7-3)16-8-4/h5-38H,1,3H2,2,4H3/b14-6-,16-8-,39-13+,40-15+. The third-order valence-electron chi connectivity index (χ3n) is 12.3. The maximum atomic E-state index is 6.52. The van der Waals surface area contributed by atoms with Crippen molar-refractivity contribution in [2.45, 2.75) is 13.8 Å². The summed E-state index contributed by atoms with van der Waals surface area (Å²) in [5, 5.41) is 4.27. The monoisotopic (exact) mass is 836 g/mol. The van der Waals surface area contributed by atoms with E-state index >= 15 is 0 Å². The molecule has 5 nitrogen and oxygen atoms in total. The average Bonchev–Trinajstić information content (AvgIpc) is 4.00. The SMILES string of the molecule is C=C/C=C(\C=C/C)c1cccc(-c2ccc3c(c2)c2ncccc2n3-c2ccc3oc4ccc(-n5c6ccc(-c7cccc(C(/C=C\C)=C/C=C)c7)cc6c6ncccc65)cc4c3c2)c1. The zero-order valence-electron chi connectivity index (χ0n) is 36.2. The third-order valence-corrected chi connectivity index (χ3v) is 12.3. The van der Waals surface area contributed by atoms with Crippen LogP contribution in [0.4, 0.5) is 0 Å². The Morgan fingerprint density at radius 3 is 1.37 bits per heavy atom. The molecule has 5 heteroatoms. The molecule has 5 heterocycles. The maximum Gasteiger partial charge on any atom is 0.135 e. The highest BCUT2D eigenvalue weighted by molar-refractivity contribution is 6.12. The molecular formula is C60H44N4O. The second-order valence-electron chi connectivity index (χ2n) is 16.2. The van der Waals surface area contributed by atoms with Gasteiger partial charge in [0.15, 0.2) is 0 Å². The molecule has 0 saturated heterocycles. The largest absolute Gasteiger partial charge is 0.456 e. The van der Waals surface area contributed by atoms with Crippen molar-refractivity contribution in [3.05, 3.63) is 231 Å². The summed E-state index contributed by atoms with van der Waals surface area (Å²) in [4.78, 5) is 9.88. The summed E-state index contributed by atoms with van der Waals surface area (Å²) in [5.41, 5.74) is 19.0. The van der Waals surface area contributed by atoms with Gasteiger partial charge in [-0.1, -0.05) is 110 Å². The zero-order valence-corrected chi connectivity index (χ0v) is 36.2. The molecule has 0 aliphatic rings. The molecular weight excluding hydrogens is 793 g/mol. The summed E-state index contributed by atoms with van der Waals surface area (Å²) in [5.74, 6) is 0. The quantitative estimate of drug-likeness (QED) is 0.129. The van der Waals surface area contributed by atoms with E-state index in [0.29, 0.717) is 0 Å². The molecule has 11 aromatic rings. The van der Waals surface area contributed by atoms with Crippen LogP contribution in [0.3, 0.4) is 0 Å². The number of rotatable bonds is 10. The second kappa shape index (κ2) is 16.3. The number of fused-ring (bicyclic) bond motifs is 9. The first kappa shape index (κ1) is 39.3. The summed E-state index contributed by atoms with van der Waals surface area (Å²) in [6.45, 7) is 11.9. The molecule has 65 heavy (non-hydrogen) atoms. The molecule has 0 aliphatic carbocycles. The number of benzene rings is 6. The fourth-order valence-corrected chi connectivity index (χ4v) is 9.48. The molecule has 0 spiro atoms. The summed E-state index contributed by atoms with van der Waals surface area (Å²) in [6, 6.07) is 52.1. The lowest BCUT2D eigenvalue weighted by atomic mass is 9.97. The molecule has 0 N–H and O–H groups in total. The number of nitrogens with zero attached hydrogens (tertiary/aromatic N) is 4. The molecule has 0 saturated carbocycles. The predicted octanol–water partition coefficient (Wildman–Crippen LogP) is 16.2. The summed E-state index contributed by atoms with van der Waals surface area (Å²) in [6.07, 6.45) is 19.9. The Balaban J connectivity index is 1.02. The number of hydrogen-bond acceptors (Lipinski definition) is 3. The van der Waals surface area contributed by atoms with E-state index in [4.69, 9.17) is 14.4 Å². The van der Waals surface area contributed by atoms with Crippen molar-refractivity contribution in [1.29, 1.82) is 0 Å². The molecule has 310 valence electrons. The van der Waals surface area contributed by atoms with Crippen LogP contribution in [0.1, 0.15) is 25.0 Å². The first-order valence-corrected chi connectivity index (χ1v) is 21.9. The van der Waals surface area contributed by atoms with Crippen LogP contribution in [0.2, 0.25) is 0 Å². The lowest BCUT2D eigenvalue weighted by molar-refractivity contribution is 0.669. The maximum absolute atomic E-state index is 6.52. The Bertz CT molecular complexity index is 3590. The molecule has 0 fully saturated rings. The van der Waals surface area contributed by atoms with E-state index in [1.807, 2.05) is 62.7 Å². The summed E-state index contributed by atoms with van der Waals surface area (Å²) < 4.78 is 11.2. The van der Waals surface area contributed by atoms with E-state index in [2.05, 4.69) is 180 Å². The molecule has 0 radical (unpaired) electrons. The minimum atomic E-state index is 0.834. The number of hydrogen-bond donors (Lipinski definition) is 0. The van der Waals surface area contributed by atoms with Gasteiger partial charge in [0.2, 0.25) is 0 Å². The number of aromatic nitrogens is 4. The van der Waals surface area contributed by atoms with Gasteiger partial charge in [0.05, 0.1) is 33.1 Å². The second-order valence-corrected chi connectivity index (χ2v) is 16.2. The van der Waals surface area contributed by atoms with Crippen LogP contribution in [0.25, 0.3) is 111 Å². The van der Waals surface area contributed by atoms with E-state index in [9.17, 15) is 0 Å². The topological polar surface area (TPSA) is 48.8 Å². The van der Waals surface area contributed by atoms with Gasteiger partial charge in [-0.25, -0.2) is 0 Å². The van der Waals surface area contributed by atoms with Crippen LogP contribution in [-0.4, -0.2) is 19.1 Å². The van der Waals surface area contributed by atoms with Gasteiger partial charge < -0.3 is 13.6 Å². The molecule has 0 unspecified atom stereocenters. The van der Waals surface area contributed by atoms with Gasteiger partial charge in [-0.2, -0.15) is 0 Å². The summed E-state index contributed by atoms with van der Waals surface area (Å²) in [7, 11) is 0. The molecule has 5 aromatic heterocycles. The Morgan fingerprint density at radius 1 is 0.462 bits per heavy atom. The highest BCUT2D eigenvalue weighted by atomic mass is 16.3. The third kappa shape index (κ3) is 6.73. The van der Waals surface area contributed by atoms with E-state index in [-0.39, 0.29) is 0 Å². The van der Waals surface area contributed by atoms with Crippen LogP contribution < -0.4 is 0 Å². The van der Waals surface area contributed by atoms with Crippen LogP contribution >= 0.6 is 0 Å². The lowest BCUT2D eigenvalue weighted by Gasteiger charge is -2.10. The predicted molar refractivity (Wildman–Crippen MR) is 275 cm³/mol. The fourth-order valence-electron chi connectivity index (χ4n) is 9.48. The van der Waals surface area contributed by atoms with E-state index < -0.39 is 0 Å². The fraction of sp³-hybridized carbons (Fsp3) is 0.0333. The molecule has 0 amide bonds. The van der Waals surface area contributed by atoms with Gasteiger partial charge in [-0.05, 0) is 155 Å². The first-order chi connectivity index (χ1) is 32.0. The summed E-state index contributed by atoms with van der Waals surface area (Å²) >= 11 is 0. The van der Waals surface area contributed by atoms with Crippen LogP contribution in [0.5, 0.6) is 0 Å². The first-order valence-electron chi connectivity index (χ1n) is 21.9. The van der Waals surface area contributed by atoms with Crippen LogP contribution in [0, 0.1) is 0 Å². The van der Waals surface area contributed by atoms with Gasteiger partial charge >= 0.3 is 0 Å². The van der Waals surface area contributed by atoms with Crippen LogP contribution in [-0.2, 0) is 0 Å². The zero-order chi connectivity index (χ0) is 44.0.